The van der Waals surface area contributed by atoms with Crippen LogP contribution in [-0.4, -0.2) is 24.7 Å². The first kappa shape index (κ1) is 13.9. The number of aryl methyl sites for hydroxylation is 1. The number of piperidine rings is 2. The third-order valence-electron chi connectivity index (χ3n) is 4.85. The average Bonchev–Trinajstić information content (AvgIpc) is 2.39. The molecule has 0 aliphatic carbocycles. The van der Waals surface area contributed by atoms with Gasteiger partial charge in [0.1, 0.15) is 5.82 Å². The van der Waals surface area contributed by atoms with Crippen LogP contribution in [0.3, 0.4) is 0 Å². The van der Waals surface area contributed by atoms with Gasteiger partial charge in [-0.15, -0.1) is 0 Å². The van der Waals surface area contributed by atoms with E-state index in [9.17, 15) is 4.39 Å². The predicted molar refractivity (Wildman–Crippen MR) is 81.7 cm³/mol. The van der Waals surface area contributed by atoms with Crippen LogP contribution in [0.25, 0.3) is 0 Å². The second kappa shape index (κ2) is 5.72. The van der Waals surface area contributed by atoms with Crippen molar-refractivity contribution < 1.29 is 4.39 Å². The number of benzene rings is 1. The number of rotatable bonds is 3. The molecule has 2 fully saturated rings. The molecule has 0 saturated carbocycles. The molecule has 2 unspecified atom stereocenters. The summed E-state index contributed by atoms with van der Waals surface area (Å²) >= 11 is 0. The zero-order valence-corrected chi connectivity index (χ0v) is 12.5. The van der Waals surface area contributed by atoms with Gasteiger partial charge in [-0.2, -0.15) is 0 Å². The summed E-state index contributed by atoms with van der Waals surface area (Å²) in [7, 11) is 0. The lowest BCUT2D eigenvalue weighted by molar-refractivity contribution is 0.246. The standard InChI is InChI=1S/C17H25FN2/c1-3-19-13-10-14-5-4-6-15(11-13)20(14)17-8-7-12(2)9-16(17)18/h7-9,13-15,19H,3-6,10-11H2,1-2H3. The average molecular weight is 276 g/mol. The van der Waals surface area contributed by atoms with Crippen molar-refractivity contribution in [2.45, 2.75) is 64.1 Å². The van der Waals surface area contributed by atoms with Gasteiger partial charge in [-0.25, -0.2) is 4.39 Å². The van der Waals surface area contributed by atoms with Crippen LogP contribution >= 0.6 is 0 Å². The molecule has 0 radical (unpaired) electrons. The minimum absolute atomic E-state index is 0.0520. The van der Waals surface area contributed by atoms with E-state index >= 15 is 0 Å². The van der Waals surface area contributed by atoms with Crippen molar-refractivity contribution in [2.75, 3.05) is 11.4 Å². The summed E-state index contributed by atoms with van der Waals surface area (Å²) in [6.45, 7) is 5.15. The van der Waals surface area contributed by atoms with Gasteiger partial charge < -0.3 is 10.2 Å². The van der Waals surface area contributed by atoms with Crippen LogP contribution < -0.4 is 10.2 Å². The van der Waals surface area contributed by atoms with Crippen molar-refractivity contribution in [1.82, 2.24) is 5.32 Å². The van der Waals surface area contributed by atoms with Gasteiger partial charge in [-0.1, -0.05) is 13.0 Å². The normalized spacial score (nSPS) is 29.6. The van der Waals surface area contributed by atoms with Crippen molar-refractivity contribution in [3.8, 4) is 0 Å². The number of fused-ring (bicyclic) bond motifs is 2. The summed E-state index contributed by atoms with van der Waals surface area (Å²) in [6.07, 6.45) is 5.99. The number of halogens is 1. The molecular weight excluding hydrogens is 251 g/mol. The van der Waals surface area contributed by atoms with Crippen LogP contribution in [0.4, 0.5) is 10.1 Å². The lowest BCUT2D eigenvalue weighted by atomic mass is 9.81. The van der Waals surface area contributed by atoms with Crippen LogP contribution in [0.2, 0.25) is 0 Å². The maximum absolute atomic E-state index is 14.3. The molecule has 2 heterocycles. The highest BCUT2D eigenvalue weighted by Crippen LogP contribution is 2.38. The van der Waals surface area contributed by atoms with Crippen LogP contribution in [0.1, 0.15) is 44.6 Å². The zero-order valence-electron chi connectivity index (χ0n) is 12.5. The highest BCUT2D eigenvalue weighted by molar-refractivity contribution is 5.52. The SMILES string of the molecule is CCNC1CC2CCCC(C1)N2c1ccc(C)cc1F. The van der Waals surface area contributed by atoms with Crippen molar-refractivity contribution in [3.05, 3.63) is 29.6 Å². The summed E-state index contributed by atoms with van der Waals surface area (Å²) < 4.78 is 14.3. The van der Waals surface area contributed by atoms with Crippen LogP contribution in [0, 0.1) is 12.7 Å². The quantitative estimate of drug-likeness (QED) is 0.907. The Hall–Kier alpha value is -1.09. The summed E-state index contributed by atoms with van der Waals surface area (Å²) in [5, 5.41) is 3.59. The second-order valence-corrected chi connectivity index (χ2v) is 6.33. The maximum Gasteiger partial charge on any atom is 0.146 e. The predicted octanol–water partition coefficient (Wildman–Crippen LogP) is 3.63. The van der Waals surface area contributed by atoms with Crippen molar-refractivity contribution in [3.63, 3.8) is 0 Å². The topological polar surface area (TPSA) is 15.3 Å². The summed E-state index contributed by atoms with van der Waals surface area (Å²) in [4.78, 5) is 2.38. The van der Waals surface area contributed by atoms with Gasteiger partial charge >= 0.3 is 0 Å². The Labute approximate surface area is 121 Å². The van der Waals surface area contributed by atoms with Gasteiger partial charge in [-0.3, -0.25) is 0 Å². The Morgan fingerprint density at radius 2 is 1.95 bits per heavy atom. The molecule has 0 amide bonds. The van der Waals surface area contributed by atoms with E-state index in [1.54, 1.807) is 6.07 Å². The van der Waals surface area contributed by atoms with Crippen molar-refractivity contribution >= 4 is 5.69 Å². The minimum Gasteiger partial charge on any atom is -0.363 e. The van der Waals surface area contributed by atoms with Crippen molar-refractivity contribution in [1.29, 1.82) is 0 Å². The van der Waals surface area contributed by atoms with Crippen LogP contribution in [0.5, 0.6) is 0 Å². The highest BCUT2D eigenvalue weighted by atomic mass is 19.1. The minimum atomic E-state index is -0.0520. The van der Waals surface area contributed by atoms with E-state index in [0.717, 1.165) is 30.6 Å². The number of nitrogens with zero attached hydrogens (tertiary/aromatic N) is 1. The molecule has 20 heavy (non-hydrogen) atoms. The fourth-order valence-corrected chi connectivity index (χ4v) is 4.05. The number of nitrogens with one attached hydrogen (secondary N) is 1. The molecule has 0 aromatic heterocycles. The van der Waals surface area contributed by atoms with E-state index in [-0.39, 0.29) is 5.82 Å². The lowest BCUT2D eigenvalue weighted by Crippen LogP contribution is -2.56. The molecule has 1 N–H and O–H groups in total. The number of hydrogen-bond donors (Lipinski definition) is 1. The highest BCUT2D eigenvalue weighted by Gasteiger charge is 2.38. The molecule has 2 aliphatic heterocycles. The Morgan fingerprint density at radius 1 is 1.25 bits per heavy atom. The second-order valence-electron chi connectivity index (χ2n) is 6.33. The van der Waals surface area contributed by atoms with Gasteiger partial charge in [0.2, 0.25) is 0 Å². The zero-order chi connectivity index (χ0) is 14.1. The number of hydrogen-bond acceptors (Lipinski definition) is 2. The Balaban J connectivity index is 1.86. The third-order valence-corrected chi connectivity index (χ3v) is 4.85. The fourth-order valence-electron chi connectivity index (χ4n) is 4.05. The molecule has 3 heteroatoms. The molecule has 0 spiro atoms. The van der Waals surface area contributed by atoms with E-state index in [2.05, 4.69) is 17.1 Å². The molecule has 2 saturated heterocycles. The Kier molecular flexibility index (Phi) is 3.97. The molecular formula is C17H25FN2. The molecule has 1 aromatic carbocycles. The monoisotopic (exact) mass is 276 g/mol. The molecule has 2 atom stereocenters. The summed E-state index contributed by atoms with van der Waals surface area (Å²) in [5.74, 6) is -0.0520. The Morgan fingerprint density at radius 3 is 2.55 bits per heavy atom. The van der Waals surface area contributed by atoms with E-state index in [0.29, 0.717) is 18.1 Å². The van der Waals surface area contributed by atoms with E-state index in [1.165, 1.54) is 19.3 Å². The molecule has 110 valence electrons. The third kappa shape index (κ3) is 2.56. The summed E-state index contributed by atoms with van der Waals surface area (Å²) in [6, 6.07) is 7.29. The molecule has 2 nitrogen and oxygen atoms in total. The molecule has 3 rings (SSSR count). The lowest BCUT2D eigenvalue weighted by Gasteiger charge is -2.50. The van der Waals surface area contributed by atoms with Gasteiger partial charge in [0, 0.05) is 18.1 Å². The first-order chi connectivity index (χ1) is 9.69. The van der Waals surface area contributed by atoms with E-state index in [1.807, 2.05) is 19.1 Å². The van der Waals surface area contributed by atoms with Gasteiger partial charge in [0.25, 0.3) is 0 Å². The first-order valence-corrected chi connectivity index (χ1v) is 7.97. The molecule has 1 aromatic rings. The van der Waals surface area contributed by atoms with Crippen LogP contribution in [0.15, 0.2) is 18.2 Å². The van der Waals surface area contributed by atoms with Crippen molar-refractivity contribution in [2.24, 2.45) is 0 Å². The smallest absolute Gasteiger partial charge is 0.146 e. The van der Waals surface area contributed by atoms with E-state index in [4.69, 9.17) is 0 Å². The fraction of sp³-hybridized carbons (Fsp3) is 0.647. The number of anilines is 1. The molecule has 2 aliphatic rings. The van der Waals surface area contributed by atoms with Gasteiger partial charge in [0.15, 0.2) is 0 Å². The maximum atomic E-state index is 14.3. The van der Waals surface area contributed by atoms with Crippen LogP contribution in [-0.2, 0) is 0 Å². The summed E-state index contributed by atoms with van der Waals surface area (Å²) in [5.41, 5.74) is 1.82. The Bertz CT molecular complexity index is 460. The molecule has 2 bridgehead atoms. The first-order valence-electron chi connectivity index (χ1n) is 7.97. The van der Waals surface area contributed by atoms with Gasteiger partial charge in [0.05, 0.1) is 5.69 Å². The van der Waals surface area contributed by atoms with E-state index < -0.39 is 0 Å². The van der Waals surface area contributed by atoms with Gasteiger partial charge in [-0.05, 0) is 63.3 Å². The largest absolute Gasteiger partial charge is 0.363 e.